The van der Waals surface area contributed by atoms with Crippen molar-refractivity contribution in [1.29, 1.82) is 0 Å². The standard InChI is InChI=1S/C13H13ClF3N3O2/c1-2-20-4-3-7-5-9(14)19-11(10(7)12(20)22)18-6-8(21)13(15,16)17/h3-5,8,21H,2,6H2,1H3,(H,18,19). The highest BCUT2D eigenvalue weighted by Crippen LogP contribution is 2.24. The third-order valence-electron chi connectivity index (χ3n) is 3.11. The topological polar surface area (TPSA) is 67.2 Å². The summed E-state index contributed by atoms with van der Waals surface area (Å²) in [6.07, 6.45) is -5.76. The van der Waals surface area contributed by atoms with Crippen LogP contribution in [0.1, 0.15) is 6.92 Å². The number of hydrogen-bond acceptors (Lipinski definition) is 4. The number of nitrogens with zero attached hydrogens (tertiary/aromatic N) is 2. The molecule has 0 aromatic carbocycles. The number of aryl methyl sites for hydroxylation is 1. The van der Waals surface area contributed by atoms with Crippen molar-refractivity contribution in [3.63, 3.8) is 0 Å². The van der Waals surface area contributed by atoms with Gasteiger partial charge in [-0.1, -0.05) is 11.6 Å². The van der Waals surface area contributed by atoms with Crippen LogP contribution in [0.25, 0.3) is 10.8 Å². The number of anilines is 1. The number of aliphatic hydroxyl groups is 1. The van der Waals surface area contributed by atoms with Crippen molar-refractivity contribution >= 4 is 28.2 Å². The number of pyridine rings is 2. The van der Waals surface area contributed by atoms with E-state index in [0.29, 0.717) is 11.9 Å². The zero-order chi connectivity index (χ0) is 16.5. The van der Waals surface area contributed by atoms with Crippen molar-refractivity contribution in [2.24, 2.45) is 0 Å². The lowest BCUT2D eigenvalue weighted by atomic mass is 10.2. The molecular weight excluding hydrogens is 323 g/mol. The zero-order valence-electron chi connectivity index (χ0n) is 11.5. The quantitative estimate of drug-likeness (QED) is 0.842. The molecule has 1 atom stereocenters. The fourth-order valence-corrected chi connectivity index (χ4v) is 2.16. The monoisotopic (exact) mass is 335 g/mol. The summed E-state index contributed by atoms with van der Waals surface area (Å²) in [6.45, 7) is 1.34. The first-order valence-corrected chi connectivity index (χ1v) is 6.80. The predicted molar refractivity (Wildman–Crippen MR) is 77.2 cm³/mol. The van der Waals surface area contributed by atoms with E-state index in [1.807, 2.05) is 0 Å². The number of halogens is 4. The summed E-state index contributed by atoms with van der Waals surface area (Å²) >= 11 is 5.81. The molecule has 2 aromatic heterocycles. The molecule has 2 heterocycles. The molecule has 2 rings (SSSR count). The second-order valence-corrected chi connectivity index (χ2v) is 4.99. The van der Waals surface area contributed by atoms with Crippen molar-refractivity contribution in [2.45, 2.75) is 25.7 Å². The minimum Gasteiger partial charge on any atom is -0.382 e. The third-order valence-corrected chi connectivity index (χ3v) is 3.30. The second kappa shape index (κ2) is 6.13. The molecule has 0 amide bonds. The summed E-state index contributed by atoms with van der Waals surface area (Å²) in [5.74, 6) is -0.0846. The maximum Gasteiger partial charge on any atom is 0.416 e. The van der Waals surface area contributed by atoms with Gasteiger partial charge in [-0.2, -0.15) is 13.2 Å². The van der Waals surface area contributed by atoms with Crippen LogP contribution in [0.4, 0.5) is 19.0 Å². The Morgan fingerprint density at radius 3 is 2.77 bits per heavy atom. The molecule has 0 radical (unpaired) electrons. The van der Waals surface area contributed by atoms with E-state index in [-0.39, 0.29) is 16.4 Å². The number of rotatable bonds is 4. The van der Waals surface area contributed by atoms with Crippen LogP contribution in [0.2, 0.25) is 5.15 Å². The van der Waals surface area contributed by atoms with Crippen molar-refractivity contribution in [1.82, 2.24) is 9.55 Å². The lowest BCUT2D eigenvalue weighted by molar-refractivity contribution is -0.198. The molecule has 22 heavy (non-hydrogen) atoms. The molecule has 9 heteroatoms. The van der Waals surface area contributed by atoms with E-state index in [1.54, 1.807) is 19.2 Å². The Morgan fingerprint density at radius 2 is 2.18 bits per heavy atom. The fourth-order valence-electron chi connectivity index (χ4n) is 1.96. The lowest BCUT2D eigenvalue weighted by Crippen LogP contribution is -2.35. The van der Waals surface area contributed by atoms with Gasteiger partial charge in [0.05, 0.1) is 11.9 Å². The normalized spacial score (nSPS) is 13.4. The van der Waals surface area contributed by atoms with Crippen LogP contribution in [0.3, 0.4) is 0 Å². The molecule has 0 aliphatic heterocycles. The smallest absolute Gasteiger partial charge is 0.382 e. The molecule has 2 N–H and O–H groups in total. The van der Waals surface area contributed by atoms with Crippen molar-refractivity contribution in [3.05, 3.63) is 33.8 Å². The summed E-state index contributed by atoms with van der Waals surface area (Å²) in [7, 11) is 0. The molecule has 0 fully saturated rings. The highest BCUT2D eigenvalue weighted by molar-refractivity contribution is 6.30. The number of hydrogen-bond donors (Lipinski definition) is 2. The Bertz CT molecular complexity index is 746. The van der Waals surface area contributed by atoms with Crippen LogP contribution in [-0.4, -0.2) is 33.5 Å². The van der Waals surface area contributed by atoms with Gasteiger partial charge in [0, 0.05) is 12.7 Å². The number of alkyl halides is 3. The Kier molecular flexibility index (Phi) is 4.62. The molecule has 120 valence electrons. The number of nitrogens with one attached hydrogen (secondary N) is 1. The van der Waals surface area contributed by atoms with Gasteiger partial charge < -0.3 is 15.0 Å². The van der Waals surface area contributed by atoms with Gasteiger partial charge >= 0.3 is 6.18 Å². The largest absolute Gasteiger partial charge is 0.416 e. The first-order valence-electron chi connectivity index (χ1n) is 6.42. The molecular formula is C13H13ClF3N3O2. The summed E-state index contributed by atoms with van der Waals surface area (Å²) in [4.78, 5) is 16.1. The highest BCUT2D eigenvalue weighted by Gasteiger charge is 2.38. The number of aromatic nitrogens is 2. The average Bonchev–Trinajstić information content (AvgIpc) is 2.43. The second-order valence-electron chi connectivity index (χ2n) is 4.60. The van der Waals surface area contributed by atoms with Gasteiger partial charge in [0.1, 0.15) is 11.0 Å². The van der Waals surface area contributed by atoms with Crippen LogP contribution in [0, 0.1) is 0 Å². The Labute approximate surface area is 128 Å². The highest BCUT2D eigenvalue weighted by atomic mass is 35.5. The minimum absolute atomic E-state index is 0.0325. The molecule has 0 saturated carbocycles. The minimum atomic E-state index is -4.76. The number of fused-ring (bicyclic) bond motifs is 1. The van der Waals surface area contributed by atoms with E-state index in [2.05, 4.69) is 10.3 Å². The van der Waals surface area contributed by atoms with Crippen LogP contribution in [-0.2, 0) is 6.54 Å². The summed E-state index contributed by atoms with van der Waals surface area (Å²) in [5, 5.41) is 12.0. The summed E-state index contributed by atoms with van der Waals surface area (Å²) < 4.78 is 38.4. The van der Waals surface area contributed by atoms with E-state index in [1.165, 1.54) is 10.6 Å². The van der Waals surface area contributed by atoms with E-state index >= 15 is 0 Å². The van der Waals surface area contributed by atoms with Crippen molar-refractivity contribution in [3.8, 4) is 0 Å². The molecule has 0 saturated heterocycles. The Morgan fingerprint density at radius 1 is 1.50 bits per heavy atom. The first kappa shape index (κ1) is 16.6. The Hall–Kier alpha value is -1.80. The third kappa shape index (κ3) is 3.33. The first-order chi connectivity index (χ1) is 10.2. The fraction of sp³-hybridized carbons (Fsp3) is 0.385. The van der Waals surface area contributed by atoms with E-state index in [0.717, 1.165) is 0 Å². The summed E-state index contributed by atoms with van der Waals surface area (Å²) in [5.41, 5.74) is -0.395. The van der Waals surface area contributed by atoms with Crippen LogP contribution < -0.4 is 10.9 Å². The molecule has 0 bridgehead atoms. The maximum atomic E-state index is 12.3. The molecule has 1 unspecified atom stereocenters. The average molecular weight is 336 g/mol. The van der Waals surface area contributed by atoms with Gasteiger partial charge in [0.15, 0.2) is 6.10 Å². The molecule has 2 aromatic rings. The molecule has 5 nitrogen and oxygen atoms in total. The van der Waals surface area contributed by atoms with Gasteiger partial charge in [-0.3, -0.25) is 4.79 Å². The van der Waals surface area contributed by atoms with Gasteiger partial charge in [0.2, 0.25) is 0 Å². The lowest BCUT2D eigenvalue weighted by Gasteiger charge is -2.16. The predicted octanol–water partition coefficient (Wildman–Crippen LogP) is 2.40. The van der Waals surface area contributed by atoms with Gasteiger partial charge in [-0.25, -0.2) is 4.98 Å². The molecule has 0 spiro atoms. The zero-order valence-corrected chi connectivity index (χ0v) is 12.2. The van der Waals surface area contributed by atoms with Gasteiger partial charge in [0.25, 0.3) is 5.56 Å². The maximum absolute atomic E-state index is 12.3. The van der Waals surface area contributed by atoms with Gasteiger partial charge in [-0.05, 0) is 24.4 Å². The molecule has 0 aliphatic rings. The van der Waals surface area contributed by atoms with E-state index in [4.69, 9.17) is 16.7 Å². The van der Waals surface area contributed by atoms with E-state index in [9.17, 15) is 18.0 Å². The summed E-state index contributed by atoms with van der Waals surface area (Å²) in [6, 6.07) is 3.07. The van der Waals surface area contributed by atoms with Crippen LogP contribution in [0.5, 0.6) is 0 Å². The van der Waals surface area contributed by atoms with Crippen LogP contribution in [0.15, 0.2) is 23.1 Å². The SMILES string of the molecule is CCn1ccc2cc(Cl)nc(NCC(O)C(F)(F)F)c2c1=O. The molecule has 0 aliphatic carbocycles. The van der Waals surface area contributed by atoms with Gasteiger partial charge in [-0.15, -0.1) is 0 Å². The van der Waals surface area contributed by atoms with E-state index < -0.39 is 24.4 Å². The van der Waals surface area contributed by atoms with Crippen molar-refractivity contribution < 1.29 is 18.3 Å². The van der Waals surface area contributed by atoms with Crippen LogP contribution >= 0.6 is 11.6 Å². The number of aliphatic hydroxyl groups excluding tert-OH is 1. The Balaban J connectivity index is 2.46. The van der Waals surface area contributed by atoms with Crippen molar-refractivity contribution in [2.75, 3.05) is 11.9 Å².